The van der Waals surface area contributed by atoms with Gasteiger partial charge in [-0.3, -0.25) is 4.79 Å². The topological polar surface area (TPSA) is 49.8 Å². The zero-order valence-corrected chi connectivity index (χ0v) is 16.8. The summed E-state index contributed by atoms with van der Waals surface area (Å²) < 4.78 is 7.51. The first-order valence-corrected chi connectivity index (χ1v) is 10.1. The van der Waals surface area contributed by atoms with Gasteiger partial charge in [-0.1, -0.05) is 37.3 Å². The standard InChI is InChI=1S/C21H22INO3/c1-14-12-17(10-11-24)26-21(14)18-4-2-3-5-19(18)23(20(21)25)13-15-6-8-16(22)9-7-15/h2-9,14,17,24H,10-13H2,1H3/t14-,17+,21+/m1/s1. The molecule has 1 N–H and O–H groups in total. The number of nitrogens with zero attached hydrogens (tertiary/aromatic N) is 1. The van der Waals surface area contributed by atoms with E-state index in [2.05, 4.69) is 53.8 Å². The number of carbonyl (C=O) groups is 1. The predicted octanol–water partition coefficient (Wildman–Crippen LogP) is 3.84. The van der Waals surface area contributed by atoms with Crippen molar-refractivity contribution in [2.45, 2.75) is 38.0 Å². The molecule has 5 heteroatoms. The number of fused-ring (bicyclic) bond motifs is 2. The molecule has 0 radical (unpaired) electrons. The fraction of sp³-hybridized carbons (Fsp3) is 0.381. The molecule has 1 fully saturated rings. The third-order valence-electron chi connectivity index (χ3n) is 5.53. The predicted molar refractivity (Wildman–Crippen MR) is 109 cm³/mol. The van der Waals surface area contributed by atoms with Gasteiger partial charge in [-0.25, -0.2) is 0 Å². The van der Waals surface area contributed by atoms with Crippen molar-refractivity contribution in [3.05, 3.63) is 63.2 Å². The Hall–Kier alpha value is -1.44. The van der Waals surface area contributed by atoms with E-state index in [1.807, 2.05) is 29.2 Å². The van der Waals surface area contributed by atoms with E-state index in [0.717, 1.165) is 23.2 Å². The van der Waals surface area contributed by atoms with Gasteiger partial charge in [-0.2, -0.15) is 0 Å². The molecule has 1 saturated heterocycles. The first kappa shape index (κ1) is 17.9. The van der Waals surface area contributed by atoms with Crippen LogP contribution in [-0.2, 0) is 21.7 Å². The number of aliphatic hydroxyl groups excluding tert-OH is 1. The Bertz CT molecular complexity index is 822. The maximum atomic E-state index is 13.6. The van der Waals surface area contributed by atoms with Gasteiger partial charge in [0, 0.05) is 21.7 Å². The first-order chi connectivity index (χ1) is 12.6. The average Bonchev–Trinajstić information content (AvgIpc) is 3.08. The molecule has 3 atom stereocenters. The maximum Gasteiger partial charge on any atom is 0.264 e. The van der Waals surface area contributed by atoms with Crippen LogP contribution in [0.2, 0.25) is 0 Å². The Balaban J connectivity index is 1.72. The highest BCUT2D eigenvalue weighted by atomic mass is 127. The molecule has 4 nitrogen and oxygen atoms in total. The second-order valence-electron chi connectivity index (χ2n) is 7.16. The molecule has 1 spiro atoms. The zero-order chi connectivity index (χ0) is 18.3. The second-order valence-corrected chi connectivity index (χ2v) is 8.41. The highest BCUT2D eigenvalue weighted by Crippen LogP contribution is 2.53. The number of amides is 1. The number of ether oxygens (including phenoxy) is 1. The molecule has 0 unspecified atom stereocenters. The molecule has 4 rings (SSSR count). The van der Waals surface area contributed by atoms with Gasteiger partial charge in [0.05, 0.1) is 18.3 Å². The lowest BCUT2D eigenvalue weighted by molar-refractivity contribution is -0.146. The van der Waals surface area contributed by atoms with E-state index in [1.165, 1.54) is 3.57 Å². The highest BCUT2D eigenvalue weighted by molar-refractivity contribution is 14.1. The van der Waals surface area contributed by atoms with E-state index >= 15 is 0 Å². The van der Waals surface area contributed by atoms with Crippen LogP contribution in [0.1, 0.15) is 30.9 Å². The number of hydrogen-bond donors (Lipinski definition) is 1. The third kappa shape index (κ3) is 2.77. The molecule has 2 aromatic rings. The van der Waals surface area contributed by atoms with Crippen molar-refractivity contribution in [3.63, 3.8) is 0 Å². The van der Waals surface area contributed by atoms with Crippen LogP contribution in [0.3, 0.4) is 0 Å². The SMILES string of the molecule is C[C@@H]1C[C@H](CCO)O[C@@]12C(=O)N(Cc1ccc(I)cc1)c1ccccc12. The number of aliphatic hydroxyl groups is 1. The van der Waals surface area contributed by atoms with E-state index < -0.39 is 5.60 Å². The minimum absolute atomic E-state index is 0.0187. The van der Waals surface area contributed by atoms with Crippen molar-refractivity contribution in [1.29, 1.82) is 0 Å². The molecule has 26 heavy (non-hydrogen) atoms. The van der Waals surface area contributed by atoms with Crippen molar-refractivity contribution in [1.82, 2.24) is 0 Å². The Morgan fingerprint density at radius 2 is 1.96 bits per heavy atom. The number of para-hydroxylation sites is 1. The van der Waals surface area contributed by atoms with Crippen LogP contribution in [-0.4, -0.2) is 23.7 Å². The summed E-state index contributed by atoms with van der Waals surface area (Å²) in [4.78, 5) is 15.4. The largest absolute Gasteiger partial charge is 0.396 e. The first-order valence-electron chi connectivity index (χ1n) is 9.01. The van der Waals surface area contributed by atoms with E-state index in [0.29, 0.717) is 13.0 Å². The fourth-order valence-corrected chi connectivity index (χ4v) is 4.64. The van der Waals surface area contributed by atoms with Crippen molar-refractivity contribution in [2.75, 3.05) is 11.5 Å². The number of halogens is 1. The van der Waals surface area contributed by atoms with Gasteiger partial charge in [0.1, 0.15) is 0 Å². The summed E-state index contributed by atoms with van der Waals surface area (Å²) in [5.74, 6) is 0.0969. The lowest BCUT2D eigenvalue weighted by Crippen LogP contribution is -2.43. The van der Waals surface area contributed by atoms with Crippen LogP contribution in [0.5, 0.6) is 0 Å². The monoisotopic (exact) mass is 463 g/mol. The minimum atomic E-state index is -0.917. The molecule has 2 aliphatic heterocycles. The maximum absolute atomic E-state index is 13.6. The Morgan fingerprint density at radius 3 is 2.69 bits per heavy atom. The van der Waals surface area contributed by atoms with Crippen LogP contribution < -0.4 is 4.90 Å². The summed E-state index contributed by atoms with van der Waals surface area (Å²) in [7, 11) is 0. The van der Waals surface area contributed by atoms with Gasteiger partial charge in [0.15, 0.2) is 5.60 Å². The van der Waals surface area contributed by atoms with E-state index in [-0.39, 0.29) is 24.5 Å². The summed E-state index contributed by atoms with van der Waals surface area (Å²) >= 11 is 2.28. The summed E-state index contributed by atoms with van der Waals surface area (Å²) in [5.41, 5.74) is 2.08. The van der Waals surface area contributed by atoms with E-state index in [1.54, 1.807) is 0 Å². The van der Waals surface area contributed by atoms with Gasteiger partial charge in [0.2, 0.25) is 0 Å². The quantitative estimate of drug-likeness (QED) is 0.702. The highest BCUT2D eigenvalue weighted by Gasteiger charge is 2.59. The summed E-state index contributed by atoms with van der Waals surface area (Å²) in [6.45, 7) is 2.70. The molecule has 0 saturated carbocycles. The van der Waals surface area contributed by atoms with Gasteiger partial charge < -0.3 is 14.7 Å². The van der Waals surface area contributed by atoms with Gasteiger partial charge in [-0.05, 0) is 59.2 Å². The Kier molecular flexibility index (Phi) is 4.79. The minimum Gasteiger partial charge on any atom is -0.396 e. The van der Waals surface area contributed by atoms with Crippen LogP contribution in [0.4, 0.5) is 5.69 Å². The van der Waals surface area contributed by atoms with Gasteiger partial charge >= 0.3 is 0 Å². The van der Waals surface area contributed by atoms with Crippen molar-refractivity contribution in [2.24, 2.45) is 5.92 Å². The van der Waals surface area contributed by atoms with Crippen LogP contribution >= 0.6 is 22.6 Å². The lowest BCUT2D eigenvalue weighted by atomic mass is 9.83. The van der Waals surface area contributed by atoms with E-state index in [4.69, 9.17) is 4.74 Å². The normalized spacial score (nSPS) is 27.3. The number of anilines is 1. The van der Waals surface area contributed by atoms with Gasteiger partial charge in [-0.15, -0.1) is 0 Å². The molecular formula is C21H22INO3. The van der Waals surface area contributed by atoms with Gasteiger partial charge in [0.25, 0.3) is 5.91 Å². The van der Waals surface area contributed by atoms with Crippen molar-refractivity contribution < 1.29 is 14.6 Å². The summed E-state index contributed by atoms with van der Waals surface area (Å²) in [6, 6.07) is 16.2. The van der Waals surface area contributed by atoms with Crippen LogP contribution in [0.25, 0.3) is 0 Å². The zero-order valence-electron chi connectivity index (χ0n) is 14.7. The summed E-state index contributed by atoms with van der Waals surface area (Å²) in [6.07, 6.45) is 1.28. The molecule has 136 valence electrons. The molecule has 2 aliphatic rings. The molecular weight excluding hydrogens is 441 g/mol. The van der Waals surface area contributed by atoms with Crippen molar-refractivity contribution in [3.8, 4) is 0 Å². The van der Waals surface area contributed by atoms with Crippen LogP contribution in [0, 0.1) is 9.49 Å². The smallest absolute Gasteiger partial charge is 0.264 e. The molecule has 0 aliphatic carbocycles. The molecule has 2 aromatic carbocycles. The number of carbonyl (C=O) groups excluding carboxylic acids is 1. The average molecular weight is 463 g/mol. The Labute approximate surface area is 167 Å². The number of hydrogen-bond acceptors (Lipinski definition) is 3. The second kappa shape index (κ2) is 6.94. The van der Waals surface area contributed by atoms with E-state index in [9.17, 15) is 9.90 Å². The third-order valence-corrected chi connectivity index (χ3v) is 6.25. The fourth-order valence-electron chi connectivity index (χ4n) is 4.28. The van der Waals surface area contributed by atoms with Crippen LogP contribution in [0.15, 0.2) is 48.5 Å². The van der Waals surface area contributed by atoms with Crippen molar-refractivity contribution >= 4 is 34.2 Å². The molecule has 2 heterocycles. The summed E-state index contributed by atoms with van der Waals surface area (Å²) in [5, 5.41) is 9.30. The number of benzene rings is 2. The molecule has 0 bridgehead atoms. The Morgan fingerprint density at radius 1 is 1.23 bits per heavy atom. The molecule has 0 aromatic heterocycles. The number of rotatable bonds is 4. The molecule has 1 amide bonds. The lowest BCUT2D eigenvalue weighted by Gasteiger charge is -2.28.